The molecular formula is C52H43NO. The smallest absolute Gasteiger partial charge is 0.159 e. The summed E-state index contributed by atoms with van der Waals surface area (Å²) in [4.78, 5) is 2.37. The van der Waals surface area contributed by atoms with E-state index < -0.39 is 0 Å². The van der Waals surface area contributed by atoms with Crippen molar-refractivity contribution in [3.8, 4) is 33.4 Å². The van der Waals surface area contributed by atoms with Gasteiger partial charge in [0.2, 0.25) is 0 Å². The van der Waals surface area contributed by atoms with Crippen molar-refractivity contribution >= 4 is 60.5 Å². The minimum atomic E-state index is 0.00950. The molecule has 0 amide bonds. The maximum absolute atomic E-state index is 6.62. The van der Waals surface area contributed by atoms with Gasteiger partial charge in [-0.15, -0.1) is 0 Å². The lowest BCUT2D eigenvalue weighted by molar-refractivity contribution is 0.590. The van der Waals surface area contributed by atoms with E-state index in [4.69, 9.17) is 4.42 Å². The van der Waals surface area contributed by atoms with E-state index in [0.717, 1.165) is 39.0 Å². The number of nitrogens with zero attached hydrogens (tertiary/aromatic N) is 1. The Balaban J connectivity index is 1.07. The molecule has 0 saturated carbocycles. The van der Waals surface area contributed by atoms with Gasteiger partial charge in [-0.25, -0.2) is 0 Å². The first-order valence-corrected chi connectivity index (χ1v) is 19.1. The molecule has 2 nitrogen and oxygen atoms in total. The second-order valence-corrected chi connectivity index (χ2v) is 17.1. The number of hydrogen-bond acceptors (Lipinski definition) is 2. The molecule has 10 rings (SSSR count). The third-order valence-electron chi connectivity index (χ3n) is 11.5. The number of fused-ring (bicyclic) bond motifs is 9. The Morgan fingerprint density at radius 2 is 0.981 bits per heavy atom. The van der Waals surface area contributed by atoms with Gasteiger partial charge in [-0.2, -0.15) is 0 Å². The van der Waals surface area contributed by atoms with Gasteiger partial charge in [-0.1, -0.05) is 126 Å². The standard InChI is InChI=1S/C52H43NO/c1-51(2,3)38-22-19-32(20-23-38)33-17-18-34-27-44-46(29-36(34)25-33)45-28-35-21-24-41(26-37(35)30-47(44)45)53(40-12-9-11-39(31-40)52(4,5)6)48-15-10-14-43-42-13-7-8-16-49(42)54-50(43)48/h7-31H,1-6H3. The molecular weight excluding hydrogens is 655 g/mol. The highest BCUT2D eigenvalue weighted by Gasteiger charge is 2.26. The third kappa shape index (κ3) is 5.23. The van der Waals surface area contributed by atoms with E-state index >= 15 is 0 Å². The van der Waals surface area contributed by atoms with Crippen molar-refractivity contribution in [1.82, 2.24) is 0 Å². The summed E-state index contributed by atoms with van der Waals surface area (Å²) in [5.74, 6) is 0. The van der Waals surface area contributed by atoms with Crippen molar-refractivity contribution < 1.29 is 4.42 Å². The van der Waals surface area contributed by atoms with Gasteiger partial charge in [-0.3, -0.25) is 0 Å². The van der Waals surface area contributed by atoms with Gasteiger partial charge in [0.05, 0.1) is 5.69 Å². The zero-order chi connectivity index (χ0) is 36.9. The zero-order valence-electron chi connectivity index (χ0n) is 31.8. The molecule has 0 unspecified atom stereocenters. The summed E-state index contributed by atoms with van der Waals surface area (Å²) >= 11 is 0. The topological polar surface area (TPSA) is 16.4 Å². The molecule has 1 aliphatic carbocycles. The summed E-state index contributed by atoms with van der Waals surface area (Å²) in [7, 11) is 0. The van der Waals surface area contributed by atoms with Crippen LogP contribution in [0.1, 0.15) is 52.7 Å². The molecule has 0 radical (unpaired) electrons. The normalized spacial score (nSPS) is 12.6. The maximum Gasteiger partial charge on any atom is 0.159 e. The monoisotopic (exact) mass is 697 g/mol. The van der Waals surface area contributed by atoms with E-state index in [0.29, 0.717) is 0 Å². The molecule has 262 valence electrons. The molecule has 1 aliphatic rings. The minimum absolute atomic E-state index is 0.00950. The number of benzene rings is 8. The Labute approximate surface area is 317 Å². The van der Waals surface area contributed by atoms with Crippen LogP contribution in [-0.4, -0.2) is 0 Å². The van der Waals surface area contributed by atoms with Crippen molar-refractivity contribution in [3.63, 3.8) is 0 Å². The fourth-order valence-electron chi connectivity index (χ4n) is 8.34. The van der Waals surface area contributed by atoms with Crippen LogP contribution >= 0.6 is 0 Å². The number of anilines is 3. The van der Waals surface area contributed by atoms with Crippen LogP contribution in [-0.2, 0) is 10.8 Å². The van der Waals surface area contributed by atoms with Gasteiger partial charge >= 0.3 is 0 Å². The van der Waals surface area contributed by atoms with E-state index in [1.54, 1.807) is 0 Å². The van der Waals surface area contributed by atoms with E-state index in [9.17, 15) is 0 Å². The predicted molar refractivity (Wildman–Crippen MR) is 231 cm³/mol. The Kier molecular flexibility index (Phi) is 7.04. The summed E-state index contributed by atoms with van der Waals surface area (Å²) < 4.78 is 6.62. The molecule has 0 aliphatic heterocycles. The van der Waals surface area contributed by atoms with Crippen molar-refractivity contribution in [1.29, 1.82) is 0 Å². The number of para-hydroxylation sites is 2. The lowest BCUT2D eigenvalue weighted by Crippen LogP contribution is -2.14. The molecule has 0 bridgehead atoms. The van der Waals surface area contributed by atoms with E-state index in [1.807, 2.05) is 6.07 Å². The second-order valence-electron chi connectivity index (χ2n) is 17.1. The number of hydrogen-bond donors (Lipinski definition) is 0. The van der Waals surface area contributed by atoms with Crippen LogP contribution in [0.4, 0.5) is 17.1 Å². The highest BCUT2D eigenvalue weighted by molar-refractivity contribution is 6.13. The van der Waals surface area contributed by atoms with Crippen LogP contribution in [0.25, 0.3) is 76.9 Å². The van der Waals surface area contributed by atoms with Crippen LogP contribution in [0.3, 0.4) is 0 Å². The second kappa shape index (κ2) is 11.7. The molecule has 1 aromatic heterocycles. The Morgan fingerprint density at radius 3 is 1.69 bits per heavy atom. The van der Waals surface area contributed by atoms with Gasteiger partial charge in [0, 0.05) is 22.1 Å². The van der Waals surface area contributed by atoms with Crippen molar-refractivity contribution in [2.45, 2.75) is 52.4 Å². The lowest BCUT2D eigenvalue weighted by Gasteiger charge is -2.29. The van der Waals surface area contributed by atoms with Crippen LogP contribution < -0.4 is 4.90 Å². The van der Waals surface area contributed by atoms with Crippen LogP contribution in [0.2, 0.25) is 0 Å². The average Bonchev–Trinajstić information content (AvgIpc) is 3.56. The summed E-state index contributed by atoms with van der Waals surface area (Å²) in [5, 5.41) is 7.26. The van der Waals surface area contributed by atoms with E-state index in [2.05, 4.69) is 192 Å². The molecule has 54 heavy (non-hydrogen) atoms. The SMILES string of the molecule is CC(C)(C)c1ccc(-c2ccc3cc4c(cc3c2)-c2cc3ccc(N(c5cccc(C(C)(C)C)c5)c5cccc6c5oc5ccccc56)cc3cc2-4)cc1. The van der Waals surface area contributed by atoms with Gasteiger partial charge < -0.3 is 9.32 Å². The Hall–Kier alpha value is -6.12. The highest BCUT2D eigenvalue weighted by Crippen LogP contribution is 2.51. The predicted octanol–water partition coefficient (Wildman–Crippen LogP) is 15.3. The fourth-order valence-corrected chi connectivity index (χ4v) is 8.34. The maximum atomic E-state index is 6.62. The van der Waals surface area contributed by atoms with Gasteiger partial charge in [0.15, 0.2) is 5.58 Å². The number of rotatable bonds is 4. The van der Waals surface area contributed by atoms with Crippen molar-refractivity contribution in [2.75, 3.05) is 4.90 Å². The first kappa shape index (κ1) is 32.5. The number of furan rings is 1. The lowest BCUT2D eigenvalue weighted by atomic mass is 9.77. The molecule has 9 aromatic rings. The first-order valence-electron chi connectivity index (χ1n) is 19.1. The molecule has 0 atom stereocenters. The quantitative estimate of drug-likeness (QED) is 0.182. The molecule has 0 spiro atoms. The zero-order valence-corrected chi connectivity index (χ0v) is 31.8. The molecule has 0 N–H and O–H groups in total. The van der Waals surface area contributed by atoms with Crippen LogP contribution in [0.5, 0.6) is 0 Å². The molecule has 1 heterocycles. The average molecular weight is 698 g/mol. The van der Waals surface area contributed by atoms with Gasteiger partial charge in [0.25, 0.3) is 0 Å². The molecule has 2 heteroatoms. The van der Waals surface area contributed by atoms with E-state index in [-0.39, 0.29) is 10.8 Å². The Bertz CT molecular complexity index is 2950. The summed E-state index contributed by atoms with van der Waals surface area (Å²) in [6.45, 7) is 13.6. The van der Waals surface area contributed by atoms with E-state index in [1.165, 1.54) is 66.1 Å². The summed E-state index contributed by atoms with van der Waals surface area (Å²) in [6, 6.07) is 56.2. The first-order chi connectivity index (χ1) is 26.0. The molecule has 0 fully saturated rings. The van der Waals surface area contributed by atoms with Gasteiger partial charge in [0.1, 0.15) is 5.58 Å². The molecule has 0 saturated heterocycles. The Morgan fingerprint density at radius 1 is 0.407 bits per heavy atom. The van der Waals surface area contributed by atoms with Gasteiger partial charge in [-0.05, 0) is 144 Å². The largest absolute Gasteiger partial charge is 0.454 e. The van der Waals surface area contributed by atoms with Crippen LogP contribution in [0.15, 0.2) is 156 Å². The highest BCUT2D eigenvalue weighted by atomic mass is 16.3. The summed E-state index contributed by atoms with van der Waals surface area (Å²) in [6.07, 6.45) is 0. The molecule has 8 aromatic carbocycles. The minimum Gasteiger partial charge on any atom is -0.454 e. The summed E-state index contributed by atoms with van der Waals surface area (Å²) in [5.41, 5.74) is 15.6. The van der Waals surface area contributed by atoms with Crippen LogP contribution in [0, 0.1) is 0 Å². The fraction of sp³-hybridized carbons (Fsp3) is 0.154. The third-order valence-corrected chi connectivity index (χ3v) is 11.5. The van der Waals surface area contributed by atoms with Crippen molar-refractivity contribution in [2.24, 2.45) is 0 Å². The van der Waals surface area contributed by atoms with Crippen molar-refractivity contribution in [3.05, 3.63) is 163 Å².